The summed E-state index contributed by atoms with van der Waals surface area (Å²) in [6, 6.07) is 0. The van der Waals surface area contributed by atoms with Crippen LogP contribution in [0.2, 0.25) is 0 Å². The summed E-state index contributed by atoms with van der Waals surface area (Å²) in [7, 11) is 0. The molecule has 0 rings (SSSR count). The van der Waals surface area contributed by atoms with Crippen molar-refractivity contribution in [3.05, 3.63) is 0 Å². The van der Waals surface area contributed by atoms with E-state index in [1.165, 1.54) is 57.9 Å². The molecule has 0 aromatic rings. The molecule has 0 heterocycles. The van der Waals surface area contributed by atoms with E-state index in [1.54, 1.807) is 0 Å². The smallest absolute Gasteiger partial charge is 0.0300 e. The predicted molar refractivity (Wildman–Crippen MR) is 87.6 cm³/mol. The number of nitrogens with zero attached hydrogens (tertiary/aromatic N) is 1. The highest BCUT2D eigenvalue weighted by Crippen LogP contribution is 2.19. The average Bonchev–Trinajstić information content (AvgIpc) is 2.45. The van der Waals surface area contributed by atoms with Gasteiger partial charge in [-0.3, -0.25) is 4.90 Å². The molecule has 1 atom stereocenters. The summed E-state index contributed by atoms with van der Waals surface area (Å²) in [6.45, 7) is 12.2. The van der Waals surface area contributed by atoms with Crippen molar-refractivity contribution in [3.8, 4) is 0 Å². The first kappa shape index (κ1) is 18.9. The van der Waals surface area contributed by atoms with Crippen LogP contribution in [0.25, 0.3) is 0 Å². The van der Waals surface area contributed by atoms with Crippen LogP contribution in [0.3, 0.4) is 0 Å². The molecule has 2 nitrogen and oxygen atoms in total. The van der Waals surface area contributed by atoms with Gasteiger partial charge < -0.3 is 5.73 Å². The van der Waals surface area contributed by atoms with E-state index in [-0.39, 0.29) is 5.54 Å². The zero-order valence-electron chi connectivity index (χ0n) is 14.0. The Labute approximate surface area is 122 Å². The molecule has 0 aromatic heterocycles. The van der Waals surface area contributed by atoms with Crippen LogP contribution in [0.5, 0.6) is 0 Å². The van der Waals surface area contributed by atoms with Crippen molar-refractivity contribution in [2.24, 2.45) is 5.73 Å². The molecular formula is C17H38N2. The van der Waals surface area contributed by atoms with Gasteiger partial charge in [0.15, 0.2) is 0 Å². The van der Waals surface area contributed by atoms with Crippen molar-refractivity contribution in [3.63, 3.8) is 0 Å². The molecule has 0 bridgehead atoms. The number of hydrogen-bond acceptors (Lipinski definition) is 2. The Morgan fingerprint density at radius 2 is 1.37 bits per heavy atom. The molecule has 0 aliphatic rings. The van der Waals surface area contributed by atoms with Gasteiger partial charge >= 0.3 is 0 Å². The second-order valence-electron chi connectivity index (χ2n) is 6.11. The average molecular weight is 271 g/mol. The molecule has 116 valence electrons. The monoisotopic (exact) mass is 270 g/mol. The maximum atomic E-state index is 5.95. The van der Waals surface area contributed by atoms with E-state index in [0.717, 1.165) is 19.5 Å². The minimum atomic E-state index is 0.204. The Balaban J connectivity index is 3.67. The second kappa shape index (κ2) is 11.7. The Bertz CT molecular complexity index is 188. The van der Waals surface area contributed by atoms with Gasteiger partial charge in [0.25, 0.3) is 0 Å². The minimum absolute atomic E-state index is 0.204. The summed E-state index contributed by atoms with van der Waals surface area (Å²) in [5.74, 6) is 0. The van der Waals surface area contributed by atoms with Gasteiger partial charge in [0, 0.05) is 12.1 Å². The lowest BCUT2D eigenvalue weighted by Crippen LogP contribution is -2.51. The zero-order valence-corrected chi connectivity index (χ0v) is 14.0. The quantitative estimate of drug-likeness (QED) is 0.496. The van der Waals surface area contributed by atoms with Crippen LogP contribution in [-0.4, -0.2) is 30.1 Å². The van der Waals surface area contributed by atoms with Crippen LogP contribution in [0.4, 0.5) is 0 Å². The Morgan fingerprint density at radius 3 is 1.79 bits per heavy atom. The van der Waals surface area contributed by atoms with Gasteiger partial charge in [-0.25, -0.2) is 0 Å². The topological polar surface area (TPSA) is 29.3 Å². The molecule has 0 fully saturated rings. The van der Waals surface area contributed by atoms with Gasteiger partial charge in [-0.15, -0.1) is 0 Å². The zero-order chi connectivity index (χ0) is 14.6. The standard InChI is InChI=1S/C17H38N2/c1-5-8-9-10-11-12-13-14-15-19(7-3)17(4,6-2)16-18/h5-16,18H2,1-4H3. The van der Waals surface area contributed by atoms with Gasteiger partial charge in [0.05, 0.1) is 0 Å². The maximum Gasteiger partial charge on any atom is 0.0300 e. The number of rotatable bonds is 13. The molecule has 0 aromatic carbocycles. The van der Waals surface area contributed by atoms with E-state index in [2.05, 4.69) is 32.6 Å². The van der Waals surface area contributed by atoms with Crippen molar-refractivity contribution in [2.45, 2.75) is 91.0 Å². The lowest BCUT2D eigenvalue weighted by molar-refractivity contribution is 0.110. The second-order valence-corrected chi connectivity index (χ2v) is 6.11. The first-order valence-electron chi connectivity index (χ1n) is 8.59. The van der Waals surface area contributed by atoms with Crippen molar-refractivity contribution >= 4 is 0 Å². The molecular weight excluding hydrogens is 232 g/mol. The summed E-state index contributed by atoms with van der Waals surface area (Å²) in [5.41, 5.74) is 6.16. The molecule has 2 heteroatoms. The third-order valence-corrected chi connectivity index (χ3v) is 4.63. The summed E-state index contributed by atoms with van der Waals surface area (Å²) in [6.07, 6.45) is 12.3. The maximum absolute atomic E-state index is 5.95. The molecule has 1 unspecified atom stereocenters. The van der Waals surface area contributed by atoms with Crippen LogP contribution in [-0.2, 0) is 0 Å². The van der Waals surface area contributed by atoms with Crippen molar-refractivity contribution < 1.29 is 0 Å². The fraction of sp³-hybridized carbons (Fsp3) is 1.00. The normalized spacial score (nSPS) is 14.8. The van der Waals surface area contributed by atoms with Crippen LogP contribution in [0, 0.1) is 0 Å². The molecule has 2 N–H and O–H groups in total. The van der Waals surface area contributed by atoms with E-state index >= 15 is 0 Å². The highest BCUT2D eigenvalue weighted by molar-refractivity contribution is 4.85. The summed E-state index contributed by atoms with van der Waals surface area (Å²) in [5, 5.41) is 0. The molecule has 0 amide bonds. The molecule has 0 radical (unpaired) electrons. The Hall–Kier alpha value is -0.0800. The summed E-state index contributed by atoms with van der Waals surface area (Å²) < 4.78 is 0. The number of likely N-dealkylation sites (N-methyl/N-ethyl adjacent to an activating group) is 1. The van der Waals surface area contributed by atoms with E-state index in [0.29, 0.717) is 0 Å². The molecule has 0 aliphatic heterocycles. The number of nitrogens with two attached hydrogens (primary N) is 1. The fourth-order valence-electron chi connectivity index (χ4n) is 2.74. The first-order chi connectivity index (χ1) is 9.14. The van der Waals surface area contributed by atoms with Crippen LogP contribution in [0.15, 0.2) is 0 Å². The SMILES string of the molecule is CCCCCCCCCCN(CC)C(C)(CC)CN. The van der Waals surface area contributed by atoms with E-state index < -0.39 is 0 Å². The van der Waals surface area contributed by atoms with Gasteiger partial charge in [-0.2, -0.15) is 0 Å². The highest BCUT2D eigenvalue weighted by atomic mass is 15.2. The van der Waals surface area contributed by atoms with E-state index in [9.17, 15) is 0 Å². The van der Waals surface area contributed by atoms with Crippen molar-refractivity contribution in [1.29, 1.82) is 0 Å². The third-order valence-electron chi connectivity index (χ3n) is 4.63. The molecule has 0 saturated carbocycles. The Kier molecular flexibility index (Phi) is 11.7. The summed E-state index contributed by atoms with van der Waals surface area (Å²) in [4.78, 5) is 2.57. The predicted octanol–water partition coefficient (Wildman–Crippen LogP) is 4.58. The third kappa shape index (κ3) is 7.94. The highest BCUT2D eigenvalue weighted by Gasteiger charge is 2.26. The van der Waals surface area contributed by atoms with Crippen LogP contribution >= 0.6 is 0 Å². The molecule has 0 aliphatic carbocycles. The van der Waals surface area contributed by atoms with Gasteiger partial charge in [0.1, 0.15) is 0 Å². The Morgan fingerprint density at radius 1 is 0.842 bits per heavy atom. The van der Waals surface area contributed by atoms with Crippen molar-refractivity contribution in [1.82, 2.24) is 4.90 Å². The number of unbranched alkanes of at least 4 members (excludes halogenated alkanes) is 7. The lowest BCUT2D eigenvalue weighted by Gasteiger charge is -2.39. The van der Waals surface area contributed by atoms with Crippen LogP contribution < -0.4 is 5.73 Å². The van der Waals surface area contributed by atoms with Crippen molar-refractivity contribution in [2.75, 3.05) is 19.6 Å². The molecule has 0 saturated heterocycles. The minimum Gasteiger partial charge on any atom is -0.329 e. The van der Waals surface area contributed by atoms with E-state index in [1.807, 2.05) is 0 Å². The summed E-state index contributed by atoms with van der Waals surface area (Å²) >= 11 is 0. The van der Waals surface area contributed by atoms with Gasteiger partial charge in [-0.1, -0.05) is 65.7 Å². The number of hydrogen-bond donors (Lipinski definition) is 1. The van der Waals surface area contributed by atoms with Crippen LogP contribution in [0.1, 0.15) is 85.5 Å². The lowest BCUT2D eigenvalue weighted by atomic mass is 9.96. The molecule has 0 spiro atoms. The first-order valence-corrected chi connectivity index (χ1v) is 8.59. The van der Waals surface area contributed by atoms with E-state index in [4.69, 9.17) is 5.73 Å². The largest absolute Gasteiger partial charge is 0.329 e. The molecule has 19 heavy (non-hydrogen) atoms. The van der Waals surface area contributed by atoms with Gasteiger partial charge in [-0.05, 0) is 32.9 Å². The van der Waals surface area contributed by atoms with Gasteiger partial charge in [0.2, 0.25) is 0 Å². The fourth-order valence-corrected chi connectivity index (χ4v) is 2.74.